The van der Waals surface area contributed by atoms with Gasteiger partial charge in [-0.3, -0.25) is 0 Å². The zero-order valence-electron chi connectivity index (χ0n) is 9.16. The van der Waals surface area contributed by atoms with E-state index in [0.717, 1.165) is 12.0 Å². The highest BCUT2D eigenvalue weighted by Gasteiger charge is 2.05. The fraction of sp³-hybridized carbons (Fsp3) is 0.538. The van der Waals surface area contributed by atoms with Crippen molar-refractivity contribution >= 4 is 0 Å². The minimum atomic E-state index is -0.340. The van der Waals surface area contributed by atoms with Gasteiger partial charge in [-0.25, -0.2) is 0 Å². The normalized spacial score (nSPS) is 12.8. The summed E-state index contributed by atoms with van der Waals surface area (Å²) in [5.74, 6) is 0. The zero-order valence-corrected chi connectivity index (χ0v) is 9.16. The lowest BCUT2D eigenvalue weighted by molar-refractivity contribution is 0.198. The Hall–Kier alpha value is -0.820. The summed E-state index contributed by atoms with van der Waals surface area (Å²) >= 11 is 0. The summed E-state index contributed by atoms with van der Waals surface area (Å²) in [5, 5.41) is 9.56. The van der Waals surface area contributed by atoms with Gasteiger partial charge in [0.2, 0.25) is 0 Å². The van der Waals surface area contributed by atoms with Gasteiger partial charge in [0.1, 0.15) is 0 Å². The quantitative estimate of drug-likeness (QED) is 0.708. The van der Waals surface area contributed by atoms with Gasteiger partial charge in [-0.1, -0.05) is 44.0 Å². The van der Waals surface area contributed by atoms with Gasteiger partial charge in [0.05, 0.1) is 6.10 Å². The van der Waals surface area contributed by atoms with Crippen molar-refractivity contribution in [2.45, 2.75) is 45.6 Å². The van der Waals surface area contributed by atoms with E-state index in [1.54, 1.807) is 0 Å². The average molecular weight is 192 g/mol. The topological polar surface area (TPSA) is 20.2 Å². The van der Waals surface area contributed by atoms with Crippen LogP contribution in [0.5, 0.6) is 0 Å². The third-order valence-electron chi connectivity index (χ3n) is 2.55. The maximum Gasteiger partial charge on any atom is 0.0764 e. The highest BCUT2D eigenvalue weighted by Crippen LogP contribution is 2.19. The van der Waals surface area contributed by atoms with Crippen LogP contribution in [0.25, 0.3) is 0 Å². The van der Waals surface area contributed by atoms with Crippen molar-refractivity contribution in [3.63, 3.8) is 0 Å². The van der Waals surface area contributed by atoms with E-state index in [-0.39, 0.29) is 6.10 Å². The maximum atomic E-state index is 9.56. The first kappa shape index (κ1) is 11.3. The number of aryl methyl sites for hydroxylation is 1. The molecule has 1 unspecified atom stereocenters. The molecule has 78 valence electrons. The Morgan fingerprint density at radius 2 is 1.93 bits per heavy atom. The second kappa shape index (κ2) is 5.82. The summed E-state index contributed by atoms with van der Waals surface area (Å²) in [7, 11) is 0. The summed E-state index contributed by atoms with van der Waals surface area (Å²) in [5.41, 5.74) is 2.39. The Labute approximate surface area is 86.8 Å². The van der Waals surface area contributed by atoms with Crippen molar-refractivity contribution in [3.8, 4) is 0 Å². The molecule has 1 N–H and O–H groups in total. The van der Waals surface area contributed by atoms with Crippen LogP contribution in [0.1, 0.15) is 50.3 Å². The Morgan fingerprint density at radius 1 is 1.21 bits per heavy atom. The molecule has 0 aliphatic heterocycles. The Kier molecular flexibility index (Phi) is 4.68. The molecule has 0 saturated carbocycles. The van der Waals surface area contributed by atoms with Crippen LogP contribution in [0.2, 0.25) is 0 Å². The van der Waals surface area contributed by atoms with E-state index in [2.05, 4.69) is 13.0 Å². The molecule has 1 aromatic rings. The standard InChI is InChI=1S/C13H20O/c1-3-4-5-8-12-9-6-7-10-13(12)11(2)14/h6-7,9-11,14H,3-5,8H2,1-2H3. The minimum absolute atomic E-state index is 0.340. The van der Waals surface area contributed by atoms with Crippen LogP contribution in [-0.2, 0) is 6.42 Å². The zero-order chi connectivity index (χ0) is 10.4. The summed E-state index contributed by atoms with van der Waals surface area (Å²) < 4.78 is 0. The van der Waals surface area contributed by atoms with Gasteiger partial charge in [-0.15, -0.1) is 0 Å². The number of unbranched alkanes of at least 4 members (excludes halogenated alkanes) is 2. The number of aliphatic hydroxyl groups excluding tert-OH is 1. The second-order valence-corrected chi connectivity index (χ2v) is 3.83. The average Bonchev–Trinajstić information content (AvgIpc) is 2.19. The molecule has 0 saturated heterocycles. The van der Waals surface area contributed by atoms with Gasteiger partial charge >= 0.3 is 0 Å². The van der Waals surface area contributed by atoms with Crippen LogP contribution in [0, 0.1) is 0 Å². The number of rotatable bonds is 5. The van der Waals surface area contributed by atoms with Crippen LogP contribution in [0.3, 0.4) is 0 Å². The number of benzene rings is 1. The van der Waals surface area contributed by atoms with Crippen molar-refractivity contribution in [1.29, 1.82) is 0 Å². The van der Waals surface area contributed by atoms with Crippen LogP contribution in [0.4, 0.5) is 0 Å². The Bertz CT molecular complexity index is 266. The molecule has 0 radical (unpaired) electrons. The van der Waals surface area contributed by atoms with E-state index in [1.165, 1.54) is 24.8 Å². The Morgan fingerprint density at radius 3 is 2.57 bits per heavy atom. The molecule has 0 amide bonds. The van der Waals surface area contributed by atoms with E-state index in [1.807, 2.05) is 25.1 Å². The molecule has 1 aromatic carbocycles. The van der Waals surface area contributed by atoms with Crippen LogP contribution < -0.4 is 0 Å². The molecule has 1 heteroatoms. The first-order valence-corrected chi connectivity index (χ1v) is 5.51. The van der Waals surface area contributed by atoms with Gasteiger partial charge in [0, 0.05) is 0 Å². The molecule has 0 fully saturated rings. The van der Waals surface area contributed by atoms with E-state index in [9.17, 15) is 5.11 Å². The monoisotopic (exact) mass is 192 g/mol. The van der Waals surface area contributed by atoms with E-state index in [4.69, 9.17) is 0 Å². The molecule has 0 aromatic heterocycles. The third kappa shape index (κ3) is 3.15. The van der Waals surface area contributed by atoms with Crippen molar-refractivity contribution in [1.82, 2.24) is 0 Å². The molecule has 1 atom stereocenters. The molecule has 0 heterocycles. The lowest BCUT2D eigenvalue weighted by Crippen LogP contribution is -1.98. The first-order valence-electron chi connectivity index (χ1n) is 5.51. The molecule has 0 spiro atoms. The van der Waals surface area contributed by atoms with Crippen LogP contribution in [-0.4, -0.2) is 5.11 Å². The second-order valence-electron chi connectivity index (χ2n) is 3.83. The predicted octanol–water partition coefficient (Wildman–Crippen LogP) is 3.47. The van der Waals surface area contributed by atoms with E-state index in [0.29, 0.717) is 0 Å². The predicted molar refractivity (Wildman–Crippen MR) is 60.3 cm³/mol. The SMILES string of the molecule is CCCCCc1ccccc1C(C)O. The largest absolute Gasteiger partial charge is 0.389 e. The van der Waals surface area contributed by atoms with Crippen molar-refractivity contribution in [2.24, 2.45) is 0 Å². The fourth-order valence-corrected chi connectivity index (χ4v) is 1.73. The molecular formula is C13H20O. The van der Waals surface area contributed by atoms with Crippen LogP contribution in [0.15, 0.2) is 24.3 Å². The summed E-state index contributed by atoms with van der Waals surface area (Å²) in [4.78, 5) is 0. The molecular weight excluding hydrogens is 172 g/mol. The minimum Gasteiger partial charge on any atom is -0.389 e. The molecule has 0 aliphatic rings. The van der Waals surface area contributed by atoms with Gasteiger partial charge < -0.3 is 5.11 Å². The summed E-state index contributed by atoms with van der Waals surface area (Å²) in [6, 6.07) is 8.18. The molecule has 0 bridgehead atoms. The fourth-order valence-electron chi connectivity index (χ4n) is 1.73. The van der Waals surface area contributed by atoms with Crippen LogP contribution >= 0.6 is 0 Å². The van der Waals surface area contributed by atoms with Gasteiger partial charge in [-0.2, -0.15) is 0 Å². The third-order valence-corrected chi connectivity index (χ3v) is 2.55. The van der Waals surface area contributed by atoms with Gasteiger partial charge in [-0.05, 0) is 30.9 Å². The number of hydrogen-bond acceptors (Lipinski definition) is 1. The van der Waals surface area contributed by atoms with Crippen molar-refractivity contribution in [3.05, 3.63) is 35.4 Å². The van der Waals surface area contributed by atoms with Crippen molar-refractivity contribution in [2.75, 3.05) is 0 Å². The van der Waals surface area contributed by atoms with Crippen molar-refractivity contribution < 1.29 is 5.11 Å². The summed E-state index contributed by atoms with van der Waals surface area (Å²) in [6.07, 6.45) is 4.49. The summed E-state index contributed by atoms with van der Waals surface area (Å²) in [6.45, 7) is 4.04. The molecule has 1 nitrogen and oxygen atoms in total. The number of aliphatic hydroxyl groups is 1. The molecule has 0 aliphatic carbocycles. The highest BCUT2D eigenvalue weighted by molar-refractivity contribution is 5.28. The first-order chi connectivity index (χ1) is 6.75. The van der Waals surface area contributed by atoms with E-state index < -0.39 is 0 Å². The lowest BCUT2D eigenvalue weighted by atomic mass is 9.98. The Balaban J connectivity index is 2.64. The lowest BCUT2D eigenvalue weighted by Gasteiger charge is -2.11. The highest BCUT2D eigenvalue weighted by atomic mass is 16.3. The number of hydrogen-bond donors (Lipinski definition) is 1. The van der Waals surface area contributed by atoms with E-state index >= 15 is 0 Å². The van der Waals surface area contributed by atoms with Gasteiger partial charge in [0.15, 0.2) is 0 Å². The maximum absolute atomic E-state index is 9.56. The molecule has 14 heavy (non-hydrogen) atoms. The molecule has 1 rings (SSSR count). The van der Waals surface area contributed by atoms with Gasteiger partial charge in [0.25, 0.3) is 0 Å². The smallest absolute Gasteiger partial charge is 0.0764 e.